The molecular formula is C25H22ClN3O4S. The molecule has 0 saturated heterocycles. The van der Waals surface area contributed by atoms with Crippen molar-refractivity contribution in [1.82, 2.24) is 10.3 Å². The molecule has 0 unspecified atom stereocenters. The fourth-order valence-electron chi connectivity index (χ4n) is 3.35. The lowest BCUT2D eigenvalue weighted by atomic mass is 10.1. The number of aromatic nitrogens is 1. The van der Waals surface area contributed by atoms with Crippen LogP contribution in [0, 0.1) is 0 Å². The molecule has 3 aromatic carbocycles. The molecule has 1 amide bonds. The molecule has 0 atom stereocenters. The molecule has 7 nitrogen and oxygen atoms in total. The van der Waals surface area contributed by atoms with E-state index in [1.807, 2.05) is 18.2 Å². The van der Waals surface area contributed by atoms with Gasteiger partial charge in [0.05, 0.1) is 24.8 Å². The smallest absolute Gasteiger partial charge is 0.257 e. The number of halogens is 1. The summed E-state index contributed by atoms with van der Waals surface area (Å²) in [6.45, 7) is 2.08. The second kappa shape index (κ2) is 10.1. The van der Waals surface area contributed by atoms with Gasteiger partial charge in [0, 0.05) is 17.3 Å². The summed E-state index contributed by atoms with van der Waals surface area (Å²) >= 11 is 11.8. The monoisotopic (exact) mass is 495 g/mol. The van der Waals surface area contributed by atoms with Crippen molar-refractivity contribution in [1.29, 1.82) is 0 Å². The van der Waals surface area contributed by atoms with E-state index in [4.69, 9.17) is 37.7 Å². The number of anilines is 1. The van der Waals surface area contributed by atoms with Gasteiger partial charge in [-0.25, -0.2) is 4.98 Å². The van der Waals surface area contributed by atoms with Crippen LogP contribution in [0.4, 0.5) is 5.69 Å². The molecule has 0 radical (unpaired) electrons. The van der Waals surface area contributed by atoms with E-state index in [0.29, 0.717) is 44.8 Å². The molecule has 4 rings (SSSR count). The molecule has 0 spiro atoms. The van der Waals surface area contributed by atoms with E-state index in [2.05, 4.69) is 22.5 Å². The Morgan fingerprint density at radius 2 is 1.79 bits per heavy atom. The number of benzene rings is 3. The average molecular weight is 496 g/mol. The van der Waals surface area contributed by atoms with Crippen LogP contribution in [0.15, 0.2) is 59.0 Å². The Labute approximate surface area is 207 Å². The van der Waals surface area contributed by atoms with Crippen LogP contribution in [-0.2, 0) is 6.42 Å². The minimum Gasteiger partial charge on any atom is -0.497 e. The molecule has 174 valence electrons. The Morgan fingerprint density at radius 1 is 1.06 bits per heavy atom. The first-order valence-electron chi connectivity index (χ1n) is 10.4. The summed E-state index contributed by atoms with van der Waals surface area (Å²) in [5, 5.41) is 6.25. The Morgan fingerprint density at radius 3 is 2.47 bits per heavy atom. The topological polar surface area (TPSA) is 85.6 Å². The summed E-state index contributed by atoms with van der Waals surface area (Å²) in [7, 11) is 3.03. The van der Waals surface area contributed by atoms with Gasteiger partial charge in [-0.15, -0.1) is 0 Å². The number of fused-ring (bicyclic) bond motifs is 1. The van der Waals surface area contributed by atoms with E-state index in [1.54, 1.807) is 36.4 Å². The molecule has 0 bridgehead atoms. The van der Waals surface area contributed by atoms with E-state index >= 15 is 0 Å². The van der Waals surface area contributed by atoms with Gasteiger partial charge >= 0.3 is 0 Å². The zero-order chi connectivity index (χ0) is 24.2. The van der Waals surface area contributed by atoms with Crippen LogP contribution in [0.5, 0.6) is 11.5 Å². The van der Waals surface area contributed by atoms with Crippen LogP contribution in [0.1, 0.15) is 22.8 Å². The highest BCUT2D eigenvalue weighted by molar-refractivity contribution is 7.80. The van der Waals surface area contributed by atoms with Gasteiger partial charge in [-0.2, -0.15) is 0 Å². The number of thiocarbonyl (C=S) groups is 1. The highest BCUT2D eigenvalue weighted by Crippen LogP contribution is 2.32. The van der Waals surface area contributed by atoms with Gasteiger partial charge < -0.3 is 19.2 Å². The molecule has 0 aliphatic rings. The quantitative estimate of drug-likeness (QED) is 0.324. The molecule has 34 heavy (non-hydrogen) atoms. The fraction of sp³-hybridized carbons (Fsp3) is 0.160. The number of carbonyl (C=O) groups excluding carboxylic acids is 1. The van der Waals surface area contributed by atoms with Crippen molar-refractivity contribution in [2.24, 2.45) is 0 Å². The van der Waals surface area contributed by atoms with E-state index in [9.17, 15) is 4.79 Å². The van der Waals surface area contributed by atoms with Crippen LogP contribution < -0.4 is 20.1 Å². The minimum absolute atomic E-state index is 0.116. The van der Waals surface area contributed by atoms with Gasteiger partial charge in [-0.05, 0) is 66.7 Å². The second-order valence-electron chi connectivity index (χ2n) is 7.38. The number of methoxy groups -OCH3 is 2. The van der Waals surface area contributed by atoms with E-state index in [0.717, 1.165) is 11.9 Å². The Bertz CT molecular complexity index is 1360. The molecular weight excluding hydrogens is 474 g/mol. The lowest BCUT2D eigenvalue weighted by molar-refractivity contribution is 0.0977. The molecule has 0 aliphatic carbocycles. The Hall–Kier alpha value is -3.62. The number of ether oxygens (including phenoxy) is 2. The largest absolute Gasteiger partial charge is 0.497 e. The van der Waals surface area contributed by atoms with E-state index < -0.39 is 5.91 Å². The van der Waals surface area contributed by atoms with Crippen molar-refractivity contribution in [2.45, 2.75) is 13.3 Å². The fourth-order valence-corrected chi connectivity index (χ4v) is 3.76. The van der Waals surface area contributed by atoms with Crippen molar-refractivity contribution in [2.75, 3.05) is 19.5 Å². The summed E-state index contributed by atoms with van der Waals surface area (Å²) in [6, 6.07) is 16.0. The van der Waals surface area contributed by atoms with Crippen molar-refractivity contribution in [3.05, 3.63) is 70.7 Å². The van der Waals surface area contributed by atoms with E-state index in [-0.39, 0.29) is 5.11 Å². The molecule has 1 aromatic heterocycles. The molecule has 0 aliphatic heterocycles. The maximum Gasteiger partial charge on any atom is 0.257 e. The van der Waals surface area contributed by atoms with Crippen LogP contribution in [0.3, 0.4) is 0 Å². The Kier molecular flexibility index (Phi) is 7.00. The van der Waals surface area contributed by atoms with Crippen molar-refractivity contribution >= 4 is 51.6 Å². The van der Waals surface area contributed by atoms with Crippen LogP contribution in [0.25, 0.3) is 22.6 Å². The summed E-state index contributed by atoms with van der Waals surface area (Å²) in [5.74, 6) is 0.982. The van der Waals surface area contributed by atoms with Gasteiger partial charge in [-0.1, -0.05) is 24.6 Å². The lowest BCUT2D eigenvalue weighted by Crippen LogP contribution is -2.34. The number of nitrogens with zero attached hydrogens (tertiary/aromatic N) is 1. The normalized spacial score (nSPS) is 10.7. The van der Waals surface area contributed by atoms with Crippen LogP contribution in [-0.4, -0.2) is 30.2 Å². The summed E-state index contributed by atoms with van der Waals surface area (Å²) in [5.41, 5.74) is 4.18. The first-order chi connectivity index (χ1) is 16.4. The third kappa shape index (κ3) is 5.13. The molecule has 0 saturated carbocycles. The third-order valence-electron chi connectivity index (χ3n) is 5.16. The van der Waals surface area contributed by atoms with E-state index in [1.165, 1.54) is 19.8 Å². The third-order valence-corrected chi connectivity index (χ3v) is 5.69. The highest BCUT2D eigenvalue weighted by atomic mass is 35.5. The van der Waals surface area contributed by atoms with Crippen molar-refractivity contribution < 1.29 is 18.7 Å². The first-order valence-corrected chi connectivity index (χ1v) is 11.2. The number of carbonyl (C=O) groups is 1. The highest BCUT2D eigenvalue weighted by Gasteiger charge is 2.15. The van der Waals surface area contributed by atoms with Crippen molar-refractivity contribution in [3.63, 3.8) is 0 Å². The van der Waals surface area contributed by atoms with Gasteiger partial charge in [0.15, 0.2) is 10.7 Å². The number of hydrogen-bond acceptors (Lipinski definition) is 6. The minimum atomic E-state index is -0.408. The molecule has 1 heterocycles. The molecule has 0 fully saturated rings. The molecule has 9 heteroatoms. The van der Waals surface area contributed by atoms with Gasteiger partial charge in [0.1, 0.15) is 17.0 Å². The first kappa shape index (κ1) is 23.5. The van der Waals surface area contributed by atoms with Gasteiger partial charge in [0.2, 0.25) is 5.89 Å². The second-order valence-corrected chi connectivity index (χ2v) is 8.19. The SMILES string of the molecule is CCc1ccc2oc(-c3cc(NC(=S)NC(=O)c4cc(OC)cc(OC)c4)ccc3Cl)nc2c1. The Balaban J connectivity index is 1.52. The van der Waals surface area contributed by atoms with Gasteiger partial charge in [0.25, 0.3) is 5.91 Å². The number of nitrogens with one attached hydrogen (secondary N) is 2. The van der Waals surface area contributed by atoms with Crippen LogP contribution in [0.2, 0.25) is 5.02 Å². The number of hydrogen-bond donors (Lipinski definition) is 2. The molecule has 4 aromatic rings. The standard InChI is InChI=1S/C25H22ClN3O4S/c1-4-14-5-8-22-21(9-14)28-24(33-22)19-12-16(6-7-20(19)26)27-25(34)29-23(30)15-10-17(31-2)13-18(11-15)32-3/h5-13H,4H2,1-3H3,(H2,27,29,30,34). The number of aryl methyl sites for hydroxylation is 1. The average Bonchev–Trinajstić information content (AvgIpc) is 3.27. The van der Waals surface area contributed by atoms with Crippen LogP contribution >= 0.6 is 23.8 Å². The maximum absolute atomic E-state index is 12.7. The summed E-state index contributed by atoms with van der Waals surface area (Å²) in [4.78, 5) is 17.3. The number of rotatable bonds is 6. The molecule has 2 N–H and O–H groups in total. The maximum atomic E-state index is 12.7. The van der Waals surface area contributed by atoms with Gasteiger partial charge in [-0.3, -0.25) is 10.1 Å². The lowest BCUT2D eigenvalue weighted by Gasteiger charge is -2.12. The summed E-state index contributed by atoms with van der Waals surface area (Å²) < 4.78 is 16.3. The number of amides is 1. The predicted molar refractivity (Wildman–Crippen MR) is 137 cm³/mol. The zero-order valence-corrected chi connectivity index (χ0v) is 20.3. The zero-order valence-electron chi connectivity index (χ0n) is 18.8. The van der Waals surface area contributed by atoms with Crippen molar-refractivity contribution in [3.8, 4) is 23.0 Å². The number of oxazole rings is 1. The summed E-state index contributed by atoms with van der Waals surface area (Å²) in [6.07, 6.45) is 0.907. The predicted octanol–water partition coefficient (Wildman–Crippen LogP) is 5.85.